The van der Waals surface area contributed by atoms with Gasteiger partial charge in [-0.15, -0.1) is 0 Å². The Morgan fingerprint density at radius 2 is 1.90 bits per heavy atom. The van der Waals surface area contributed by atoms with E-state index in [1.54, 1.807) is 0 Å². The van der Waals surface area contributed by atoms with Crippen LogP contribution in [0.5, 0.6) is 0 Å². The van der Waals surface area contributed by atoms with Gasteiger partial charge in [0, 0.05) is 11.3 Å². The predicted octanol–water partition coefficient (Wildman–Crippen LogP) is 3.63. The normalized spacial score (nSPS) is 14.5. The minimum absolute atomic E-state index is 0.142. The van der Waals surface area contributed by atoms with E-state index in [-0.39, 0.29) is 5.56 Å². The first kappa shape index (κ1) is 12.7. The average Bonchev–Trinajstić information content (AvgIpc) is 3.34. The summed E-state index contributed by atoms with van der Waals surface area (Å²) >= 11 is 3.34. The van der Waals surface area contributed by atoms with E-state index in [0.717, 1.165) is 29.4 Å². The number of pyridine rings is 1. The van der Waals surface area contributed by atoms with Crippen molar-refractivity contribution in [3.05, 3.63) is 56.9 Å². The number of nitrogens with zero attached hydrogens (tertiary/aromatic N) is 2. The predicted molar refractivity (Wildman–Crippen MR) is 85.3 cm³/mol. The Morgan fingerprint density at radius 3 is 2.71 bits per heavy atom. The fraction of sp³-hybridized carbons (Fsp3) is 0.188. The van der Waals surface area contributed by atoms with Crippen molar-refractivity contribution in [2.45, 2.75) is 18.8 Å². The number of fused-ring (bicyclic) bond motifs is 1. The number of nitrogens with one attached hydrogen (secondary N) is 1. The van der Waals surface area contributed by atoms with Crippen LogP contribution in [0.1, 0.15) is 24.5 Å². The average molecular weight is 342 g/mol. The third-order valence-corrected chi connectivity index (χ3v) is 4.46. The lowest BCUT2D eigenvalue weighted by molar-refractivity contribution is 0.955. The molecule has 1 aromatic carbocycles. The van der Waals surface area contributed by atoms with Crippen LogP contribution >= 0.6 is 15.9 Å². The highest BCUT2D eigenvalue weighted by Crippen LogP contribution is 2.41. The third-order valence-electron chi connectivity index (χ3n) is 3.69. The molecule has 0 unspecified atom stereocenters. The number of aromatic amines is 1. The topological polar surface area (TPSA) is 58.6 Å². The molecule has 4 nitrogen and oxygen atoms in total. The van der Waals surface area contributed by atoms with E-state index in [1.165, 1.54) is 0 Å². The maximum Gasteiger partial charge on any atom is 0.265 e. The van der Waals surface area contributed by atoms with Gasteiger partial charge in [0.25, 0.3) is 5.56 Å². The summed E-state index contributed by atoms with van der Waals surface area (Å²) in [5, 5.41) is 1.07. The van der Waals surface area contributed by atoms with Gasteiger partial charge in [-0.3, -0.25) is 4.79 Å². The van der Waals surface area contributed by atoms with E-state index in [4.69, 9.17) is 0 Å². The number of aromatic nitrogens is 3. The van der Waals surface area contributed by atoms with Gasteiger partial charge in [0.2, 0.25) is 0 Å². The summed E-state index contributed by atoms with van der Waals surface area (Å²) in [6.07, 6.45) is 2.19. The van der Waals surface area contributed by atoms with E-state index < -0.39 is 0 Å². The van der Waals surface area contributed by atoms with Crippen LogP contribution in [-0.4, -0.2) is 15.0 Å². The molecule has 3 aromatic rings. The molecule has 2 heterocycles. The van der Waals surface area contributed by atoms with Crippen molar-refractivity contribution in [3.63, 3.8) is 0 Å². The molecule has 0 spiro atoms. The van der Waals surface area contributed by atoms with Gasteiger partial charge in [0.15, 0.2) is 5.82 Å². The summed E-state index contributed by atoms with van der Waals surface area (Å²) in [6.45, 7) is 0. The fourth-order valence-electron chi connectivity index (χ4n) is 2.42. The van der Waals surface area contributed by atoms with Crippen molar-refractivity contribution in [1.82, 2.24) is 15.0 Å². The summed E-state index contributed by atoms with van der Waals surface area (Å²) in [5.41, 5.74) is 2.30. The number of H-pyrrole nitrogens is 1. The van der Waals surface area contributed by atoms with Crippen molar-refractivity contribution in [2.24, 2.45) is 0 Å². The van der Waals surface area contributed by atoms with E-state index in [9.17, 15) is 4.79 Å². The van der Waals surface area contributed by atoms with Gasteiger partial charge in [-0.25, -0.2) is 9.97 Å². The van der Waals surface area contributed by atoms with Gasteiger partial charge in [0.05, 0.1) is 11.2 Å². The Morgan fingerprint density at radius 1 is 1.10 bits per heavy atom. The quantitative estimate of drug-likeness (QED) is 0.774. The number of halogens is 1. The summed E-state index contributed by atoms with van der Waals surface area (Å²) < 4.78 is 0.550. The molecule has 0 bridgehead atoms. The Labute approximate surface area is 129 Å². The highest BCUT2D eigenvalue weighted by atomic mass is 79.9. The second-order valence-corrected chi connectivity index (χ2v) is 6.07. The first-order chi connectivity index (χ1) is 10.2. The highest BCUT2D eigenvalue weighted by Gasteiger charge is 2.29. The van der Waals surface area contributed by atoms with Crippen LogP contribution < -0.4 is 5.56 Å². The van der Waals surface area contributed by atoms with E-state index in [0.29, 0.717) is 21.9 Å². The molecule has 1 aliphatic rings. The molecule has 1 N–H and O–H groups in total. The lowest BCUT2D eigenvalue weighted by atomic mass is 10.2. The molecular formula is C16H12BrN3O. The van der Waals surface area contributed by atoms with E-state index in [1.807, 2.05) is 36.4 Å². The molecule has 0 aliphatic heterocycles. The summed E-state index contributed by atoms with van der Waals surface area (Å²) in [4.78, 5) is 24.1. The summed E-state index contributed by atoms with van der Waals surface area (Å²) in [5.74, 6) is 0.941. The minimum atomic E-state index is -0.142. The zero-order valence-corrected chi connectivity index (χ0v) is 12.7. The van der Waals surface area contributed by atoms with Crippen LogP contribution in [0.15, 0.2) is 45.7 Å². The number of hydrogen-bond donors (Lipinski definition) is 1. The molecule has 1 aliphatic carbocycles. The van der Waals surface area contributed by atoms with Crippen LogP contribution in [0.3, 0.4) is 0 Å². The van der Waals surface area contributed by atoms with Crippen molar-refractivity contribution in [3.8, 4) is 11.5 Å². The molecule has 104 valence electrons. The Balaban J connectivity index is 1.89. The lowest BCUT2D eigenvalue weighted by Gasteiger charge is -2.06. The van der Waals surface area contributed by atoms with Crippen molar-refractivity contribution in [2.75, 3.05) is 0 Å². The van der Waals surface area contributed by atoms with E-state index in [2.05, 4.69) is 30.9 Å². The Bertz CT molecular complexity index is 899. The first-order valence-electron chi connectivity index (χ1n) is 6.88. The van der Waals surface area contributed by atoms with Crippen LogP contribution in [0.25, 0.3) is 22.4 Å². The second-order valence-electron chi connectivity index (χ2n) is 5.28. The van der Waals surface area contributed by atoms with Gasteiger partial charge in [-0.2, -0.15) is 0 Å². The van der Waals surface area contributed by atoms with Gasteiger partial charge < -0.3 is 4.98 Å². The molecule has 4 rings (SSSR count). The van der Waals surface area contributed by atoms with Gasteiger partial charge in [-0.05, 0) is 40.9 Å². The zero-order chi connectivity index (χ0) is 14.4. The SMILES string of the molecule is O=c1[nH]c(-c2ccc3ccccc3n2)nc(C2CC2)c1Br. The van der Waals surface area contributed by atoms with Gasteiger partial charge in [0.1, 0.15) is 10.2 Å². The van der Waals surface area contributed by atoms with E-state index >= 15 is 0 Å². The first-order valence-corrected chi connectivity index (χ1v) is 7.67. The largest absolute Gasteiger partial charge is 0.304 e. The Hall–Kier alpha value is -2.01. The maximum absolute atomic E-state index is 12.1. The molecule has 21 heavy (non-hydrogen) atoms. The van der Waals surface area contributed by atoms with Crippen molar-refractivity contribution >= 4 is 26.8 Å². The molecule has 5 heteroatoms. The molecule has 1 saturated carbocycles. The van der Waals surface area contributed by atoms with Crippen molar-refractivity contribution < 1.29 is 0 Å². The minimum Gasteiger partial charge on any atom is -0.304 e. The third kappa shape index (κ3) is 2.27. The summed E-state index contributed by atoms with van der Waals surface area (Å²) in [7, 11) is 0. The Kier molecular flexibility index (Phi) is 2.89. The van der Waals surface area contributed by atoms with Crippen molar-refractivity contribution in [1.29, 1.82) is 0 Å². The highest BCUT2D eigenvalue weighted by molar-refractivity contribution is 9.10. The molecule has 2 aromatic heterocycles. The maximum atomic E-state index is 12.1. The van der Waals surface area contributed by atoms with Crippen LogP contribution in [0.2, 0.25) is 0 Å². The standard InChI is InChI=1S/C16H12BrN3O/c17-13-14(10-5-6-10)19-15(20-16(13)21)12-8-7-9-3-1-2-4-11(9)18-12/h1-4,7-8,10H,5-6H2,(H,19,20,21). The molecule has 1 fully saturated rings. The molecule has 0 atom stereocenters. The number of rotatable bonds is 2. The second kappa shape index (κ2) is 4.77. The molecule has 0 radical (unpaired) electrons. The fourth-order valence-corrected chi connectivity index (χ4v) is 2.93. The lowest BCUT2D eigenvalue weighted by Crippen LogP contribution is -2.13. The number of para-hydroxylation sites is 1. The number of benzene rings is 1. The summed E-state index contributed by atoms with van der Waals surface area (Å²) in [6, 6.07) is 11.8. The monoisotopic (exact) mass is 341 g/mol. The van der Waals surface area contributed by atoms with Gasteiger partial charge >= 0.3 is 0 Å². The molecule has 0 saturated heterocycles. The smallest absolute Gasteiger partial charge is 0.265 e. The zero-order valence-electron chi connectivity index (χ0n) is 11.1. The molecule has 0 amide bonds. The van der Waals surface area contributed by atoms with Crippen LogP contribution in [0.4, 0.5) is 0 Å². The van der Waals surface area contributed by atoms with Crippen LogP contribution in [0, 0.1) is 0 Å². The molecular weight excluding hydrogens is 330 g/mol. The van der Waals surface area contributed by atoms with Gasteiger partial charge in [-0.1, -0.05) is 24.3 Å². The van der Waals surface area contributed by atoms with Crippen LogP contribution in [-0.2, 0) is 0 Å². The number of hydrogen-bond acceptors (Lipinski definition) is 3.